The fraction of sp³-hybridized carbons (Fsp3) is 0.321. The van der Waals surface area contributed by atoms with Crippen LogP contribution in [-0.2, 0) is 21.0 Å². The maximum absolute atomic E-state index is 13.8. The number of para-hydroxylation sites is 2. The highest BCUT2D eigenvalue weighted by Crippen LogP contribution is 2.34. The van der Waals surface area contributed by atoms with Gasteiger partial charge in [0.15, 0.2) is 0 Å². The lowest BCUT2D eigenvalue weighted by atomic mass is 10.1. The summed E-state index contributed by atoms with van der Waals surface area (Å²) in [6.07, 6.45) is -4.45. The average molecular weight is 562 g/mol. The minimum absolute atomic E-state index is 0.0431. The molecular formula is C28H30F3N3O4S. The Bertz CT molecular complexity index is 1400. The van der Waals surface area contributed by atoms with Crippen LogP contribution in [0.5, 0.6) is 5.75 Å². The number of piperazine rings is 1. The molecule has 0 radical (unpaired) electrons. The van der Waals surface area contributed by atoms with E-state index in [1.165, 1.54) is 23.1 Å². The number of hydrogen-bond donors (Lipinski definition) is 0. The number of hydrogen-bond acceptors (Lipinski definition) is 5. The Hall–Kier alpha value is -3.73. The predicted octanol–water partition coefficient (Wildman–Crippen LogP) is 4.96. The Morgan fingerprint density at radius 2 is 1.62 bits per heavy atom. The first kappa shape index (κ1) is 28.3. The number of aryl methyl sites for hydroxylation is 1. The van der Waals surface area contributed by atoms with Crippen LogP contribution >= 0.6 is 0 Å². The first-order chi connectivity index (χ1) is 18.5. The number of sulfonamides is 1. The summed E-state index contributed by atoms with van der Waals surface area (Å²) in [5.74, 6) is -0.0847. The highest BCUT2D eigenvalue weighted by atomic mass is 32.2. The molecule has 1 fully saturated rings. The molecule has 0 aliphatic carbocycles. The SMILES string of the molecule is CCOc1ccccc1N(CC(=O)N1CCN(c2cccc(C(F)(F)F)c2)CC1)S(=O)(=O)c1ccc(C)cc1. The van der Waals surface area contributed by atoms with Crippen molar-refractivity contribution in [1.82, 2.24) is 4.90 Å². The maximum Gasteiger partial charge on any atom is 0.416 e. The van der Waals surface area contributed by atoms with E-state index in [9.17, 15) is 26.4 Å². The van der Waals surface area contributed by atoms with E-state index in [4.69, 9.17) is 4.74 Å². The van der Waals surface area contributed by atoms with Crippen molar-refractivity contribution in [2.45, 2.75) is 24.9 Å². The summed E-state index contributed by atoms with van der Waals surface area (Å²) in [7, 11) is -4.13. The Balaban J connectivity index is 1.55. The molecule has 1 amide bonds. The van der Waals surface area contributed by atoms with Gasteiger partial charge in [-0.1, -0.05) is 35.9 Å². The minimum atomic E-state index is -4.45. The predicted molar refractivity (Wildman–Crippen MR) is 144 cm³/mol. The highest BCUT2D eigenvalue weighted by molar-refractivity contribution is 7.92. The molecule has 11 heteroatoms. The van der Waals surface area contributed by atoms with Gasteiger partial charge in [-0.3, -0.25) is 9.10 Å². The van der Waals surface area contributed by atoms with Crippen molar-refractivity contribution < 1.29 is 31.1 Å². The molecule has 0 N–H and O–H groups in total. The monoisotopic (exact) mass is 561 g/mol. The number of amides is 1. The van der Waals surface area contributed by atoms with Crippen LogP contribution in [0.1, 0.15) is 18.1 Å². The van der Waals surface area contributed by atoms with E-state index in [0.717, 1.165) is 22.0 Å². The van der Waals surface area contributed by atoms with E-state index >= 15 is 0 Å². The van der Waals surface area contributed by atoms with E-state index in [-0.39, 0.29) is 23.7 Å². The quantitative estimate of drug-likeness (QED) is 0.389. The Labute approximate surface area is 226 Å². The number of rotatable bonds is 8. The number of benzene rings is 3. The third-order valence-corrected chi connectivity index (χ3v) is 8.27. The van der Waals surface area contributed by atoms with Gasteiger partial charge in [-0.15, -0.1) is 0 Å². The molecule has 1 aliphatic rings. The van der Waals surface area contributed by atoms with Crippen LogP contribution in [0.2, 0.25) is 0 Å². The van der Waals surface area contributed by atoms with Gasteiger partial charge in [-0.25, -0.2) is 8.42 Å². The third kappa shape index (κ3) is 6.47. The zero-order chi connectivity index (χ0) is 28.2. The molecule has 0 aromatic heterocycles. The minimum Gasteiger partial charge on any atom is -0.492 e. The Kier molecular flexibility index (Phi) is 8.39. The lowest BCUT2D eigenvalue weighted by Crippen LogP contribution is -2.52. The number of carbonyl (C=O) groups is 1. The second kappa shape index (κ2) is 11.6. The zero-order valence-corrected chi connectivity index (χ0v) is 22.5. The van der Waals surface area contributed by atoms with Gasteiger partial charge < -0.3 is 14.5 Å². The van der Waals surface area contributed by atoms with Crippen molar-refractivity contribution in [1.29, 1.82) is 0 Å². The summed E-state index contributed by atoms with van der Waals surface area (Å²) >= 11 is 0. The molecule has 1 aliphatic heterocycles. The summed E-state index contributed by atoms with van der Waals surface area (Å²) in [4.78, 5) is 16.8. The van der Waals surface area contributed by atoms with Crippen molar-refractivity contribution in [3.8, 4) is 5.75 Å². The lowest BCUT2D eigenvalue weighted by Gasteiger charge is -2.37. The van der Waals surface area contributed by atoms with E-state index in [0.29, 0.717) is 31.1 Å². The summed E-state index contributed by atoms with van der Waals surface area (Å²) in [5, 5.41) is 0. The number of nitrogens with zero attached hydrogens (tertiary/aromatic N) is 3. The maximum atomic E-state index is 13.8. The molecule has 0 atom stereocenters. The van der Waals surface area contributed by atoms with Gasteiger partial charge in [0.25, 0.3) is 10.0 Å². The number of halogens is 3. The van der Waals surface area contributed by atoms with Crippen LogP contribution in [0.15, 0.2) is 77.7 Å². The zero-order valence-electron chi connectivity index (χ0n) is 21.7. The topological polar surface area (TPSA) is 70.2 Å². The van der Waals surface area contributed by atoms with Gasteiger partial charge in [-0.05, 0) is 56.3 Å². The third-order valence-electron chi connectivity index (χ3n) is 6.49. The molecule has 0 unspecified atom stereocenters. The normalized spacial score (nSPS) is 14.3. The van der Waals surface area contributed by atoms with Gasteiger partial charge in [0, 0.05) is 31.9 Å². The van der Waals surface area contributed by atoms with Crippen molar-refractivity contribution >= 4 is 27.3 Å². The number of ether oxygens (including phenoxy) is 1. The van der Waals surface area contributed by atoms with Crippen LogP contribution in [0.3, 0.4) is 0 Å². The molecule has 0 bridgehead atoms. The van der Waals surface area contributed by atoms with E-state index in [1.807, 2.05) is 6.92 Å². The van der Waals surface area contributed by atoms with E-state index in [1.54, 1.807) is 54.3 Å². The van der Waals surface area contributed by atoms with E-state index < -0.39 is 34.2 Å². The standard InChI is InChI=1S/C28H30F3N3O4S/c1-3-38-26-10-5-4-9-25(26)34(39(36,37)24-13-11-21(2)12-14-24)20-27(35)33-17-15-32(16-18-33)23-8-6-7-22(19-23)28(29,30)31/h4-14,19H,3,15-18,20H2,1-2H3. The Morgan fingerprint density at radius 3 is 2.26 bits per heavy atom. The van der Waals surface area contributed by atoms with Gasteiger partial charge in [0.1, 0.15) is 12.3 Å². The van der Waals surface area contributed by atoms with Gasteiger partial charge >= 0.3 is 6.18 Å². The van der Waals surface area contributed by atoms with Gasteiger partial charge in [0.05, 0.1) is 22.8 Å². The molecule has 0 saturated carbocycles. The van der Waals surface area contributed by atoms with E-state index in [2.05, 4.69) is 0 Å². The second-order valence-electron chi connectivity index (χ2n) is 9.14. The second-order valence-corrected chi connectivity index (χ2v) is 11.0. The molecule has 3 aromatic rings. The lowest BCUT2D eigenvalue weighted by molar-refractivity contribution is -0.137. The number of anilines is 2. The fourth-order valence-corrected chi connectivity index (χ4v) is 5.82. The van der Waals surface area contributed by atoms with Crippen molar-refractivity contribution in [2.24, 2.45) is 0 Å². The van der Waals surface area contributed by atoms with Crippen molar-refractivity contribution in [3.63, 3.8) is 0 Å². The molecule has 39 heavy (non-hydrogen) atoms. The van der Waals surface area contributed by atoms with Gasteiger partial charge in [-0.2, -0.15) is 13.2 Å². The van der Waals surface area contributed by atoms with Crippen LogP contribution in [-0.4, -0.2) is 58.6 Å². The summed E-state index contributed by atoms with van der Waals surface area (Å²) in [5.41, 5.74) is 0.829. The van der Waals surface area contributed by atoms with Crippen molar-refractivity contribution in [2.75, 3.05) is 48.5 Å². The van der Waals surface area contributed by atoms with Gasteiger partial charge in [0.2, 0.25) is 5.91 Å². The first-order valence-electron chi connectivity index (χ1n) is 12.5. The molecular weight excluding hydrogens is 531 g/mol. The smallest absolute Gasteiger partial charge is 0.416 e. The van der Waals surface area contributed by atoms with Crippen LogP contribution in [0, 0.1) is 6.92 Å². The van der Waals surface area contributed by atoms with Crippen molar-refractivity contribution in [3.05, 3.63) is 83.9 Å². The average Bonchev–Trinajstić information content (AvgIpc) is 2.92. The number of alkyl halides is 3. The summed E-state index contributed by atoms with van der Waals surface area (Å²) < 4.78 is 73.7. The first-order valence-corrected chi connectivity index (χ1v) is 14.0. The van der Waals surface area contributed by atoms with Crippen LogP contribution < -0.4 is 13.9 Å². The fourth-order valence-electron chi connectivity index (χ4n) is 4.39. The highest BCUT2D eigenvalue weighted by Gasteiger charge is 2.33. The Morgan fingerprint density at radius 1 is 0.949 bits per heavy atom. The van der Waals surface area contributed by atoms with Crippen LogP contribution in [0.25, 0.3) is 0 Å². The molecule has 3 aromatic carbocycles. The van der Waals surface area contributed by atoms with Crippen LogP contribution in [0.4, 0.5) is 24.5 Å². The molecule has 208 valence electrons. The largest absolute Gasteiger partial charge is 0.492 e. The number of carbonyl (C=O) groups excluding carboxylic acids is 1. The summed E-state index contributed by atoms with van der Waals surface area (Å²) in [6, 6.07) is 18.1. The molecule has 4 rings (SSSR count). The summed E-state index contributed by atoms with van der Waals surface area (Å²) in [6.45, 7) is 4.58. The molecule has 1 saturated heterocycles. The molecule has 7 nitrogen and oxygen atoms in total. The molecule has 0 spiro atoms. The molecule has 1 heterocycles.